The quantitative estimate of drug-likeness (QED) is 0.463. The Bertz CT molecular complexity index is 1110. The van der Waals surface area contributed by atoms with Gasteiger partial charge in [-0.15, -0.1) is 0 Å². The predicted octanol–water partition coefficient (Wildman–Crippen LogP) is 4.84. The van der Waals surface area contributed by atoms with Crippen LogP contribution in [0, 0.1) is 5.82 Å². The maximum atomic E-state index is 13.3. The third-order valence-corrected chi connectivity index (χ3v) is 5.11. The fourth-order valence-corrected chi connectivity index (χ4v) is 3.48. The van der Waals surface area contributed by atoms with Crippen LogP contribution in [0.1, 0.15) is 18.2 Å². The Morgan fingerprint density at radius 1 is 1.10 bits per heavy atom. The van der Waals surface area contributed by atoms with Crippen molar-refractivity contribution in [3.8, 4) is 16.9 Å². The van der Waals surface area contributed by atoms with Crippen molar-refractivity contribution in [2.24, 2.45) is 0 Å². The molecule has 0 saturated heterocycles. The van der Waals surface area contributed by atoms with Crippen molar-refractivity contribution in [2.75, 3.05) is 0 Å². The fraction of sp³-hybridized carbons (Fsp3) is 0.174. The number of rotatable bonds is 7. The molecule has 5 nitrogen and oxygen atoms in total. The first-order valence-electron chi connectivity index (χ1n) is 9.68. The zero-order valence-electron chi connectivity index (χ0n) is 16.5. The molecule has 152 valence electrons. The highest BCUT2D eigenvalue weighted by Gasteiger charge is 2.16. The monoisotopic (exact) mass is 421 g/mol. The second-order valence-electron chi connectivity index (χ2n) is 7.09. The van der Waals surface area contributed by atoms with E-state index in [1.54, 1.807) is 35.4 Å². The third-order valence-electron chi connectivity index (χ3n) is 4.78. The highest BCUT2D eigenvalue weighted by atomic mass is 35.5. The van der Waals surface area contributed by atoms with Gasteiger partial charge in [0.25, 0.3) is 0 Å². The Hall–Kier alpha value is -3.09. The van der Waals surface area contributed by atoms with Crippen LogP contribution in [0.4, 0.5) is 4.39 Å². The van der Waals surface area contributed by atoms with Crippen LogP contribution in [0.15, 0.2) is 73.3 Å². The van der Waals surface area contributed by atoms with Gasteiger partial charge >= 0.3 is 0 Å². The van der Waals surface area contributed by atoms with Gasteiger partial charge in [-0.25, -0.2) is 9.07 Å². The molecule has 0 fully saturated rings. The lowest BCUT2D eigenvalue weighted by atomic mass is 10.1. The lowest BCUT2D eigenvalue weighted by Gasteiger charge is -2.13. The van der Waals surface area contributed by atoms with Gasteiger partial charge in [0.2, 0.25) is 0 Å². The first-order valence-corrected chi connectivity index (χ1v) is 10.1. The summed E-state index contributed by atoms with van der Waals surface area (Å²) < 4.78 is 15.1. The topological polar surface area (TPSA) is 55.6 Å². The Balaban J connectivity index is 1.60. The maximum absolute atomic E-state index is 13.3. The van der Waals surface area contributed by atoms with E-state index >= 15 is 0 Å². The largest absolute Gasteiger partial charge is 0.310 e. The van der Waals surface area contributed by atoms with Gasteiger partial charge < -0.3 is 5.32 Å². The first-order chi connectivity index (χ1) is 14.6. The van der Waals surface area contributed by atoms with Gasteiger partial charge in [-0.3, -0.25) is 9.97 Å². The maximum Gasteiger partial charge on any atom is 0.123 e. The first kappa shape index (κ1) is 20.2. The van der Waals surface area contributed by atoms with Crippen LogP contribution in [0.5, 0.6) is 0 Å². The standard InChI is InChI=1S/C23H21ClFN5/c1-16(12-19-14-26-10-11-27-19)28-13-17-15-30(20-8-6-18(25)7-9-20)29-23(17)21-4-2-3-5-22(21)24/h2-11,14-16,28H,12-13H2,1H3/t16-/m1/s1. The minimum Gasteiger partial charge on any atom is -0.310 e. The molecule has 30 heavy (non-hydrogen) atoms. The molecule has 2 aromatic carbocycles. The highest BCUT2D eigenvalue weighted by Crippen LogP contribution is 2.30. The Kier molecular flexibility index (Phi) is 6.16. The summed E-state index contributed by atoms with van der Waals surface area (Å²) in [5, 5.41) is 8.91. The van der Waals surface area contributed by atoms with Crippen molar-refractivity contribution >= 4 is 11.6 Å². The lowest BCUT2D eigenvalue weighted by molar-refractivity contribution is 0.540. The van der Waals surface area contributed by atoms with Crippen LogP contribution in [0.2, 0.25) is 5.02 Å². The molecule has 0 bridgehead atoms. The van der Waals surface area contributed by atoms with Gasteiger partial charge in [0, 0.05) is 54.9 Å². The molecular formula is C23H21ClFN5. The van der Waals surface area contributed by atoms with E-state index < -0.39 is 0 Å². The number of aromatic nitrogens is 4. The van der Waals surface area contributed by atoms with Crippen LogP contribution < -0.4 is 5.32 Å². The molecule has 0 radical (unpaired) electrons. The van der Waals surface area contributed by atoms with Crippen molar-refractivity contribution in [3.63, 3.8) is 0 Å². The Morgan fingerprint density at radius 3 is 2.63 bits per heavy atom. The molecule has 0 aliphatic carbocycles. The lowest BCUT2D eigenvalue weighted by Crippen LogP contribution is -2.28. The van der Waals surface area contributed by atoms with E-state index in [1.165, 1.54) is 12.1 Å². The van der Waals surface area contributed by atoms with Crippen molar-refractivity contribution in [1.82, 2.24) is 25.1 Å². The normalized spacial score (nSPS) is 12.1. The highest BCUT2D eigenvalue weighted by molar-refractivity contribution is 6.33. The molecule has 0 aliphatic heterocycles. The summed E-state index contributed by atoms with van der Waals surface area (Å²) >= 11 is 6.44. The smallest absolute Gasteiger partial charge is 0.123 e. The van der Waals surface area contributed by atoms with E-state index in [0.29, 0.717) is 11.6 Å². The Morgan fingerprint density at radius 2 is 1.90 bits per heavy atom. The molecule has 2 aromatic heterocycles. The number of benzene rings is 2. The fourth-order valence-electron chi connectivity index (χ4n) is 3.25. The number of hydrogen-bond acceptors (Lipinski definition) is 4. The van der Waals surface area contributed by atoms with E-state index in [1.807, 2.05) is 30.5 Å². The molecule has 4 aromatic rings. The van der Waals surface area contributed by atoms with E-state index in [0.717, 1.165) is 34.6 Å². The van der Waals surface area contributed by atoms with Gasteiger partial charge in [0.15, 0.2) is 0 Å². The molecular weight excluding hydrogens is 401 g/mol. The molecule has 4 rings (SSSR count). The predicted molar refractivity (Wildman–Crippen MR) is 116 cm³/mol. The average Bonchev–Trinajstić information content (AvgIpc) is 3.18. The molecule has 1 atom stereocenters. The molecule has 0 amide bonds. The van der Waals surface area contributed by atoms with Crippen LogP contribution in [-0.2, 0) is 13.0 Å². The van der Waals surface area contributed by atoms with E-state index in [9.17, 15) is 4.39 Å². The number of hydrogen-bond donors (Lipinski definition) is 1. The van der Waals surface area contributed by atoms with Crippen LogP contribution in [0.25, 0.3) is 16.9 Å². The zero-order valence-corrected chi connectivity index (χ0v) is 17.2. The Labute approximate surface area is 179 Å². The summed E-state index contributed by atoms with van der Waals surface area (Å²) in [4.78, 5) is 8.45. The summed E-state index contributed by atoms with van der Waals surface area (Å²) in [5.74, 6) is -0.281. The van der Waals surface area contributed by atoms with Gasteiger partial charge in [-0.05, 0) is 37.3 Å². The number of halogens is 2. The molecule has 7 heteroatoms. The van der Waals surface area contributed by atoms with Crippen LogP contribution in [-0.4, -0.2) is 25.8 Å². The molecule has 0 unspecified atom stereocenters. The van der Waals surface area contributed by atoms with Crippen molar-refractivity contribution in [3.05, 3.63) is 95.4 Å². The summed E-state index contributed by atoms with van der Waals surface area (Å²) in [6.07, 6.45) is 7.86. The molecule has 1 N–H and O–H groups in total. The minimum atomic E-state index is -0.281. The molecule has 0 aliphatic rings. The van der Waals surface area contributed by atoms with E-state index in [4.69, 9.17) is 16.7 Å². The van der Waals surface area contributed by atoms with E-state index in [2.05, 4.69) is 22.2 Å². The van der Waals surface area contributed by atoms with Gasteiger partial charge in [-0.2, -0.15) is 5.10 Å². The molecule has 0 spiro atoms. The van der Waals surface area contributed by atoms with Crippen molar-refractivity contribution in [2.45, 2.75) is 25.9 Å². The molecule has 0 saturated carbocycles. The summed E-state index contributed by atoms with van der Waals surface area (Å²) in [6.45, 7) is 2.71. The third kappa shape index (κ3) is 4.72. The summed E-state index contributed by atoms with van der Waals surface area (Å²) in [6, 6.07) is 14.1. The number of nitrogens with zero attached hydrogens (tertiary/aromatic N) is 4. The van der Waals surface area contributed by atoms with Gasteiger partial charge in [0.05, 0.1) is 22.1 Å². The van der Waals surface area contributed by atoms with Crippen LogP contribution in [0.3, 0.4) is 0 Å². The SMILES string of the molecule is C[C@H](Cc1cnccn1)NCc1cn(-c2ccc(F)cc2)nc1-c1ccccc1Cl. The average molecular weight is 422 g/mol. The minimum absolute atomic E-state index is 0.190. The van der Waals surface area contributed by atoms with Crippen LogP contribution >= 0.6 is 11.6 Å². The van der Waals surface area contributed by atoms with Crippen molar-refractivity contribution in [1.29, 1.82) is 0 Å². The van der Waals surface area contributed by atoms with E-state index in [-0.39, 0.29) is 11.9 Å². The summed E-state index contributed by atoms with van der Waals surface area (Å²) in [7, 11) is 0. The second-order valence-corrected chi connectivity index (χ2v) is 7.49. The zero-order chi connectivity index (χ0) is 20.9. The number of nitrogens with one attached hydrogen (secondary N) is 1. The molecule has 2 heterocycles. The van der Waals surface area contributed by atoms with Gasteiger partial charge in [0.1, 0.15) is 5.82 Å². The second kappa shape index (κ2) is 9.15. The van der Waals surface area contributed by atoms with Crippen molar-refractivity contribution < 1.29 is 4.39 Å². The van der Waals surface area contributed by atoms with Gasteiger partial charge in [-0.1, -0.05) is 29.8 Å². The summed E-state index contributed by atoms with van der Waals surface area (Å²) in [5.41, 5.74) is 4.37.